The molecule has 1 aromatic carbocycles. The normalized spacial score (nSPS) is 10.5. The van der Waals surface area contributed by atoms with Gasteiger partial charge < -0.3 is 5.32 Å². The SMILES string of the molecule is CC(C)n1nc(C(=O)Nc2ccccc2)ccc1=O. The summed E-state index contributed by atoms with van der Waals surface area (Å²) in [6.45, 7) is 3.68. The average molecular weight is 257 g/mol. The quantitative estimate of drug-likeness (QED) is 0.915. The first-order valence-corrected chi connectivity index (χ1v) is 6.04. The number of aromatic nitrogens is 2. The summed E-state index contributed by atoms with van der Waals surface area (Å²) < 4.78 is 1.29. The highest BCUT2D eigenvalue weighted by atomic mass is 16.2. The Morgan fingerprint density at radius 1 is 1.16 bits per heavy atom. The molecule has 0 aliphatic carbocycles. The van der Waals surface area contributed by atoms with Crippen LogP contribution in [0.5, 0.6) is 0 Å². The molecule has 5 nitrogen and oxygen atoms in total. The molecular weight excluding hydrogens is 242 g/mol. The third-order valence-electron chi connectivity index (χ3n) is 2.58. The molecule has 2 aromatic rings. The second-order valence-electron chi connectivity index (χ2n) is 4.42. The van der Waals surface area contributed by atoms with E-state index in [0.29, 0.717) is 5.69 Å². The van der Waals surface area contributed by atoms with Gasteiger partial charge >= 0.3 is 0 Å². The molecule has 0 atom stereocenters. The predicted molar refractivity (Wildman–Crippen MR) is 73.3 cm³/mol. The summed E-state index contributed by atoms with van der Waals surface area (Å²) in [5.74, 6) is -0.333. The van der Waals surface area contributed by atoms with Gasteiger partial charge in [0.2, 0.25) is 0 Å². The predicted octanol–water partition coefficient (Wildman–Crippen LogP) is 2.08. The third kappa shape index (κ3) is 3.07. The fraction of sp³-hybridized carbons (Fsp3) is 0.214. The van der Waals surface area contributed by atoms with Crippen LogP contribution >= 0.6 is 0 Å². The smallest absolute Gasteiger partial charge is 0.276 e. The number of carbonyl (C=O) groups excluding carboxylic acids is 1. The molecule has 19 heavy (non-hydrogen) atoms. The maximum absolute atomic E-state index is 12.0. The summed E-state index contributed by atoms with van der Waals surface area (Å²) in [5.41, 5.74) is 0.694. The molecule has 1 aromatic heterocycles. The van der Waals surface area contributed by atoms with Crippen molar-refractivity contribution in [1.82, 2.24) is 9.78 Å². The molecule has 1 N–H and O–H groups in total. The Labute approximate surface area is 110 Å². The van der Waals surface area contributed by atoms with Crippen LogP contribution in [0.15, 0.2) is 47.3 Å². The lowest BCUT2D eigenvalue weighted by atomic mass is 10.3. The van der Waals surface area contributed by atoms with E-state index in [4.69, 9.17) is 0 Å². The first-order chi connectivity index (χ1) is 9.08. The Bertz CT molecular complexity index is 633. The molecule has 0 aliphatic heterocycles. The maximum atomic E-state index is 12.0. The third-order valence-corrected chi connectivity index (χ3v) is 2.58. The summed E-state index contributed by atoms with van der Waals surface area (Å²) in [5, 5.41) is 6.79. The molecule has 0 aliphatic rings. The molecule has 0 radical (unpaired) electrons. The molecule has 1 amide bonds. The molecule has 2 rings (SSSR count). The lowest BCUT2D eigenvalue weighted by molar-refractivity contribution is 0.101. The topological polar surface area (TPSA) is 64.0 Å². The molecule has 5 heteroatoms. The summed E-state index contributed by atoms with van der Waals surface area (Å²) in [6, 6.07) is 11.8. The Hall–Kier alpha value is -2.43. The van der Waals surface area contributed by atoms with E-state index in [2.05, 4.69) is 10.4 Å². The number of hydrogen-bond acceptors (Lipinski definition) is 3. The highest BCUT2D eigenvalue weighted by molar-refractivity contribution is 6.02. The lowest BCUT2D eigenvalue weighted by Crippen LogP contribution is -2.27. The number of anilines is 1. The number of amides is 1. The van der Waals surface area contributed by atoms with E-state index in [-0.39, 0.29) is 23.2 Å². The maximum Gasteiger partial charge on any atom is 0.276 e. The lowest BCUT2D eigenvalue weighted by Gasteiger charge is -2.10. The zero-order chi connectivity index (χ0) is 13.8. The van der Waals surface area contributed by atoms with Crippen LogP contribution in [0.4, 0.5) is 5.69 Å². The zero-order valence-corrected chi connectivity index (χ0v) is 10.8. The number of nitrogens with zero attached hydrogens (tertiary/aromatic N) is 2. The van der Waals surface area contributed by atoms with E-state index in [0.717, 1.165) is 0 Å². The van der Waals surface area contributed by atoms with Crippen LogP contribution < -0.4 is 10.9 Å². The van der Waals surface area contributed by atoms with Crippen molar-refractivity contribution >= 4 is 11.6 Å². The van der Waals surface area contributed by atoms with Gasteiger partial charge in [-0.25, -0.2) is 4.68 Å². The van der Waals surface area contributed by atoms with Crippen molar-refractivity contribution < 1.29 is 4.79 Å². The minimum atomic E-state index is -0.333. The molecule has 0 saturated heterocycles. The van der Waals surface area contributed by atoms with Gasteiger partial charge in [0.1, 0.15) is 5.69 Å². The van der Waals surface area contributed by atoms with Crippen LogP contribution in [-0.2, 0) is 0 Å². The summed E-state index contributed by atoms with van der Waals surface area (Å²) in [6.07, 6.45) is 0. The van der Waals surface area contributed by atoms with Gasteiger partial charge in [-0.3, -0.25) is 9.59 Å². The molecule has 0 fully saturated rings. The molecule has 0 bridgehead atoms. The van der Waals surface area contributed by atoms with E-state index in [1.54, 1.807) is 12.1 Å². The van der Waals surface area contributed by atoms with Crippen LogP contribution in [0, 0.1) is 0 Å². The number of benzene rings is 1. The van der Waals surface area contributed by atoms with Gasteiger partial charge in [0.15, 0.2) is 0 Å². The van der Waals surface area contributed by atoms with E-state index >= 15 is 0 Å². The fourth-order valence-electron chi connectivity index (χ4n) is 1.63. The standard InChI is InChI=1S/C14H15N3O2/c1-10(2)17-13(18)9-8-12(16-17)14(19)15-11-6-4-3-5-7-11/h3-10H,1-2H3,(H,15,19). The van der Waals surface area contributed by atoms with Crippen LogP contribution in [0.2, 0.25) is 0 Å². The van der Waals surface area contributed by atoms with E-state index < -0.39 is 0 Å². The van der Waals surface area contributed by atoms with Gasteiger partial charge in [-0.2, -0.15) is 5.10 Å². The van der Waals surface area contributed by atoms with Crippen molar-refractivity contribution in [2.24, 2.45) is 0 Å². The van der Waals surface area contributed by atoms with Crippen LogP contribution in [0.1, 0.15) is 30.4 Å². The summed E-state index contributed by atoms with van der Waals surface area (Å²) in [4.78, 5) is 23.6. The number of nitrogens with one attached hydrogen (secondary N) is 1. The van der Waals surface area contributed by atoms with Crippen molar-refractivity contribution in [2.45, 2.75) is 19.9 Å². The highest BCUT2D eigenvalue weighted by Gasteiger charge is 2.11. The minimum absolute atomic E-state index is 0.0861. The Morgan fingerprint density at radius 2 is 1.84 bits per heavy atom. The molecule has 1 heterocycles. The van der Waals surface area contributed by atoms with Gasteiger partial charge in [-0.05, 0) is 32.0 Å². The average Bonchev–Trinajstić information content (AvgIpc) is 2.40. The molecule has 0 saturated carbocycles. The number of hydrogen-bond donors (Lipinski definition) is 1. The van der Waals surface area contributed by atoms with Crippen LogP contribution in [0.25, 0.3) is 0 Å². The molecule has 0 spiro atoms. The second kappa shape index (κ2) is 5.48. The van der Waals surface area contributed by atoms with Crippen molar-refractivity contribution in [3.05, 3.63) is 58.5 Å². The van der Waals surface area contributed by atoms with E-state index in [1.165, 1.54) is 16.8 Å². The van der Waals surface area contributed by atoms with Crippen molar-refractivity contribution in [1.29, 1.82) is 0 Å². The number of para-hydroxylation sites is 1. The monoisotopic (exact) mass is 257 g/mol. The Kier molecular flexibility index (Phi) is 3.75. The van der Waals surface area contributed by atoms with Gasteiger partial charge in [0.05, 0.1) is 6.04 Å². The van der Waals surface area contributed by atoms with Gasteiger partial charge in [0, 0.05) is 11.8 Å². The molecular formula is C14H15N3O2. The van der Waals surface area contributed by atoms with Crippen molar-refractivity contribution in [3.63, 3.8) is 0 Å². The molecule has 0 unspecified atom stereocenters. The minimum Gasteiger partial charge on any atom is -0.321 e. The van der Waals surface area contributed by atoms with Crippen LogP contribution in [0.3, 0.4) is 0 Å². The van der Waals surface area contributed by atoms with Crippen molar-refractivity contribution in [3.8, 4) is 0 Å². The largest absolute Gasteiger partial charge is 0.321 e. The first kappa shape index (κ1) is 13.0. The van der Waals surface area contributed by atoms with Crippen molar-refractivity contribution in [2.75, 3.05) is 5.32 Å². The van der Waals surface area contributed by atoms with E-state index in [1.807, 2.05) is 32.0 Å². The fourth-order valence-corrected chi connectivity index (χ4v) is 1.63. The van der Waals surface area contributed by atoms with Gasteiger partial charge in [-0.1, -0.05) is 18.2 Å². The second-order valence-corrected chi connectivity index (χ2v) is 4.42. The van der Waals surface area contributed by atoms with Gasteiger partial charge in [0.25, 0.3) is 11.5 Å². The highest BCUT2D eigenvalue weighted by Crippen LogP contribution is 2.07. The zero-order valence-electron chi connectivity index (χ0n) is 10.8. The molecule has 98 valence electrons. The number of carbonyl (C=O) groups is 1. The Balaban J connectivity index is 2.25. The Morgan fingerprint density at radius 3 is 2.47 bits per heavy atom. The van der Waals surface area contributed by atoms with Crippen LogP contribution in [-0.4, -0.2) is 15.7 Å². The first-order valence-electron chi connectivity index (χ1n) is 6.04. The number of rotatable bonds is 3. The van der Waals surface area contributed by atoms with Gasteiger partial charge in [-0.15, -0.1) is 0 Å². The van der Waals surface area contributed by atoms with E-state index in [9.17, 15) is 9.59 Å². The summed E-state index contributed by atoms with van der Waals surface area (Å²) in [7, 11) is 0. The summed E-state index contributed by atoms with van der Waals surface area (Å²) >= 11 is 0.